The molecule has 1 amide bonds. The van der Waals surface area contributed by atoms with E-state index in [1.54, 1.807) is 0 Å². The van der Waals surface area contributed by atoms with E-state index in [4.69, 9.17) is 16.2 Å². The number of carbonyl (C=O) groups excluding carboxylic acids is 2. The van der Waals surface area contributed by atoms with Crippen LogP contribution >= 0.6 is 12.4 Å². The van der Waals surface area contributed by atoms with Gasteiger partial charge in [0.1, 0.15) is 12.6 Å². The van der Waals surface area contributed by atoms with Crippen molar-refractivity contribution in [3.63, 3.8) is 0 Å². The van der Waals surface area contributed by atoms with Crippen LogP contribution in [0, 0.1) is 0 Å². The van der Waals surface area contributed by atoms with Crippen molar-refractivity contribution in [1.29, 1.82) is 0 Å². The van der Waals surface area contributed by atoms with Crippen molar-refractivity contribution in [2.45, 2.75) is 19.1 Å². The molecule has 1 unspecified atom stereocenters. The van der Waals surface area contributed by atoms with Crippen molar-refractivity contribution in [1.82, 2.24) is 0 Å². The Morgan fingerprint density at radius 2 is 1.82 bits per heavy atom. The van der Waals surface area contributed by atoms with Gasteiger partial charge in [-0.25, -0.2) is 0 Å². The molecule has 0 saturated carbocycles. The summed E-state index contributed by atoms with van der Waals surface area (Å²) in [5, 5.41) is 0. The van der Waals surface area contributed by atoms with Gasteiger partial charge in [0.15, 0.2) is 0 Å². The second kappa shape index (κ2) is 7.65. The number of benzene rings is 1. The summed E-state index contributed by atoms with van der Waals surface area (Å²) in [7, 11) is 0. The third-order valence-electron chi connectivity index (χ3n) is 1.95. The van der Waals surface area contributed by atoms with Crippen LogP contribution in [-0.4, -0.2) is 17.9 Å². The summed E-state index contributed by atoms with van der Waals surface area (Å²) in [6.45, 7) is 0.145. The molecule has 0 saturated heterocycles. The van der Waals surface area contributed by atoms with E-state index in [1.807, 2.05) is 30.3 Å². The summed E-state index contributed by atoms with van der Waals surface area (Å²) >= 11 is 0. The van der Waals surface area contributed by atoms with Gasteiger partial charge in [-0.05, 0) is 5.56 Å². The van der Waals surface area contributed by atoms with E-state index >= 15 is 0 Å². The van der Waals surface area contributed by atoms with E-state index in [1.165, 1.54) is 0 Å². The third-order valence-corrected chi connectivity index (χ3v) is 1.95. The lowest BCUT2D eigenvalue weighted by Gasteiger charge is -2.09. The van der Waals surface area contributed by atoms with Crippen LogP contribution in [0.1, 0.15) is 12.0 Å². The fourth-order valence-electron chi connectivity index (χ4n) is 1.14. The number of carbonyl (C=O) groups is 2. The minimum Gasteiger partial charge on any atom is -0.460 e. The average molecular weight is 259 g/mol. The Labute approximate surface area is 106 Å². The maximum Gasteiger partial charge on any atom is 0.323 e. The van der Waals surface area contributed by atoms with Crippen molar-refractivity contribution in [2.75, 3.05) is 0 Å². The summed E-state index contributed by atoms with van der Waals surface area (Å²) in [5.41, 5.74) is 11.2. The van der Waals surface area contributed by atoms with Crippen LogP contribution in [0.2, 0.25) is 0 Å². The molecule has 0 aromatic heterocycles. The van der Waals surface area contributed by atoms with Gasteiger partial charge in [0.25, 0.3) is 0 Å². The summed E-state index contributed by atoms with van der Waals surface area (Å²) < 4.78 is 4.92. The highest BCUT2D eigenvalue weighted by molar-refractivity contribution is 5.85. The Bertz CT molecular complexity index is 370. The predicted molar refractivity (Wildman–Crippen MR) is 65.3 cm³/mol. The van der Waals surface area contributed by atoms with Crippen molar-refractivity contribution >= 4 is 24.3 Å². The topological polar surface area (TPSA) is 95.4 Å². The molecule has 5 nitrogen and oxygen atoms in total. The van der Waals surface area contributed by atoms with Crippen molar-refractivity contribution in [3.05, 3.63) is 35.9 Å². The minimum absolute atomic E-state index is 0. The molecule has 1 aromatic carbocycles. The fraction of sp³-hybridized carbons (Fsp3) is 0.273. The van der Waals surface area contributed by atoms with Crippen LogP contribution in [0.25, 0.3) is 0 Å². The van der Waals surface area contributed by atoms with Gasteiger partial charge < -0.3 is 16.2 Å². The number of hydrogen-bond acceptors (Lipinski definition) is 4. The Morgan fingerprint density at radius 1 is 1.24 bits per heavy atom. The second-order valence-electron chi connectivity index (χ2n) is 3.37. The first kappa shape index (κ1) is 15.4. The number of halogens is 1. The normalized spacial score (nSPS) is 11.1. The zero-order valence-electron chi connectivity index (χ0n) is 9.17. The zero-order valence-corrected chi connectivity index (χ0v) is 9.98. The molecule has 0 radical (unpaired) electrons. The molecule has 0 fully saturated rings. The van der Waals surface area contributed by atoms with Crippen LogP contribution in [0.5, 0.6) is 0 Å². The first-order valence-corrected chi connectivity index (χ1v) is 4.84. The number of esters is 1. The van der Waals surface area contributed by atoms with E-state index in [-0.39, 0.29) is 25.4 Å². The molecular formula is C11H15ClN2O3. The minimum atomic E-state index is -0.985. The monoisotopic (exact) mass is 258 g/mol. The fourth-order valence-corrected chi connectivity index (χ4v) is 1.14. The molecule has 94 valence electrons. The highest BCUT2D eigenvalue weighted by atomic mass is 35.5. The highest BCUT2D eigenvalue weighted by Gasteiger charge is 2.17. The number of hydrogen-bond donors (Lipinski definition) is 2. The van der Waals surface area contributed by atoms with Gasteiger partial charge in [-0.1, -0.05) is 30.3 Å². The lowest BCUT2D eigenvalue weighted by Crippen LogP contribution is -2.36. The quantitative estimate of drug-likeness (QED) is 0.745. The summed E-state index contributed by atoms with van der Waals surface area (Å²) in [6.07, 6.45) is -0.201. The number of primary amides is 1. The van der Waals surface area contributed by atoms with Gasteiger partial charge in [-0.15, -0.1) is 12.4 Å². The molecule has 1 aromatic rings. The van der Waals surface area contributed by atoms with Crippen molar-refractivity contribution in [3.8, 4) is 0 Å². The van der Waals surface area contributed by atoms with Crippen LogP contribution in [0.3, 0.4) is 0 Å². The molecule has 0 spiro atoms. The van der Waals surface area contributed by atoms with E-state index in [2.05, 4.69) is 0 Å². The van der Waals surface area contributed by atoms with Crippen LogP contribution in [-0.2, 0) is 20.9 Å². The largest absolute Gasteiger partial charge is 0.460 e. The number of rotatable bonds is 5. The SMILES string of the molecule is Cl.NC(=O)CC(N)C(=O)OCc1ccccc1. The van der Waals surface area contributed by atoms with Gasteiger partial charge in [0, 0.05) is 0 Å². The van der Waals surface area contributed by atoms with E-state index < -0.39 is 17.9 Å². The van der Waals surface area contributed by atoms with Crippen LogP contribution in [0.4, 0.5) is 0 Å². The maximum atomic E-state index is 11.3. The van der Waals surface area contributed by atoms with Crippen LogP contribution in [0.15, 0.2) is 30.3 Å². The molecule has 0 aliphatic rings. The molecular weight excluding hydrogens is 244 g/mol. The molecule has 0 aliphatic carbocycles. The van der Waals surface area contributed by atoms with Gasteiger partial charge in [-0.3, -0.25) is 9.59 Å². The summed E-state index contributed by atoms with van der Waals surface area (Å²) in [6, 6.07) is 8.21. The molecule has 0 bridgehead atoms. The first-order chi connectivity index (χ1) is 7.59. The Hall–Kier alpha value is -1.59. The maximum absolute atomic E-state index is 11.3. The number of nitrogens with two attached hydrogens (primary N) is 2. The zero-order chi connectivity index (χ0) is 12.0. The van der Waals surface area contributed by atoms with E-state index in [9.17, 15) is 9.59 Å². The van der Waals surface area contributed by atoms with Crippen LogP contribution < -0.4 is 11.5 Å². The van der Waals surface area contributed by atoms with Gasteiger partial charge in [-0.2, -0.15) is 0 Å². The number of amides is 1. The van der Waals surface area contributed by atoms with Gasteiger partial charge in [0.05, 0.1) is 6.42 Å². The molecule has 6 heteroatoms. The smallest absolute Gasteiger partial charge is 0.323 e. The molecule has 1 atom stereocenters. The van der Waals surface area contributed by atoms with Gasteiger partial charge >= 0.3 is 5.97 Å². The molecule has 4 N–H and O–H groups in total. The van der Waals surface area contributed by atoms with Crippen molar-refractivity contribution in [2.24, 2.45) is 11.5 Å². The first-order valence-electron chi connectivity index (χ1n) is 4.84. The molecule has 17 heavy (non-hydrogen) atoms. The Balaban J connectivity index is 0.00000256. The molecule has 0 aliphatic heterocycles. The van der Waals surface area contributed by atoms with Crippen molar-refractivity contribution < 1.29 is 14.3 Å². The Morgan fingerprint density at radius 3 is 2.35 bits per heavy atom. The lowest BCUT2D eigenvalue weighted by atomic mass is 10.2. The van der Waals surface area contributed by atoms with E-state index in [0.717, 1.165) is 5.56 Å². The predicted octanol–water partition coefficient (Wildman–Crippen LogP) is 0.354. The Kier molecular flexibility index (Phi) is 6.93. The van der Waals surface area contributed by atoms with E-state index in [0.29, 0.717) is 0 Å². The highest BCUT2D eigenvalue weighted by Crippen LogP contribution is 2.02. The van der Waals surface area contributed by atoms with Gasteiger partial charge in [0.2, 0.25) is 5.91 Å². The standard InChI is InChI=1S/C11H14N2O3.ClH/c12-9(6-10(13)14)11(15)16-7-8-4-2-1-3-5-8;/h1-5,9H,6-7,12H2,(H2,13,14);1H. The summed E-state index contributed by atoms with van der Waals surface area (Å²) in [4.78, 5) is 21.8. The summed E-state index contributed by atoms with van der Waals surface area (Å²) in [5.74, 6) is -1.24. The lowest BCUT2D eigenvalue weighted by molar-refractivity contribution is -0.147. The third kappa shape index (κ3) is 5.89. The average Bonchev–Trinajstić information content (AvgIpc) is 2.26. The second-order valence-corrected chi connectivity index (χ2v) is 3.37. The molecule has 1 rings (SSSR count). The number of ether oxygens (including phenoxy) is 1. The molecule has 0 heterocycles.